The maximum Gasteiger partial charge on any atom is 0.148 e. The fourth-order valence-electron chi connectivity index (χ4n) is 1.28. The van der Waals surface area contributed by atoms with Crippen LogP contribution in [0.5, 0.6) is 0 Å². The van der Waals surface area contributed by atoms with Crippen LogP contribution in [0.3, 0.4) is 0 Å². The van der Waals surface area contributed by atoms with Gasteiger partial charge in [0.1, 0.15) is 4.34 Å². The Labute approximate surface area is 80.9 Å². The minimum absolute atomic E-state index is 0.853. The summed E-state index contributed by atoms with van der Waals surface area (Å²) in [5, 5.41) is 0. The quantitative estimate of drug-likeness (QED) is 0.690. The first-order chi connectivity index (χ1) is 5.81. The molecule has 0 fully saturated rings. The molecule has 0 unspecified atom stereocenters. The van der Waals surface area contributed by atoms with Gasteiger partial charge in [-0.2, -0.15) is 0 Å². The molecule has 1 heterocycles. The third-order valence-electron chi connectivity index (χ3n) is 1.87. The Balaban J connectivity index is 2.78. The van der Waals surface area contributed by atoms with Gasteiger partial charge in [0.25, 0.3) is 0 Å². The first-order valence-corrected chi connectivity index (χ1v) is 5.15. The van der Waals surface area contributed by atoms with E-state index in [2.05, 4.69) is 42.7 Å². The summed E-state index contributed by atoms with van der Waals surface area (Å²) in [4.78, 5) is 4.37. The highest BCUT2D eigenvalue weighted by Crippen LogP contribution is 2.26. The van der Waals surface area contributed by atoms with Gasteiger partial charge in [-0.3, -0.25) is 0 Å². The van der Waals surface area contributed by atoms with Crippen LogP contribution >= 0.6 is 24.0 Å². The van der Waals surface area contributed by atoms with Crippen molar-refractivity contribution in [2.24, 2.45) is 0 Å². The summed E-state index contributed by atoms with van der Waals surface area (Å²) in [7, 11) is 0. The van der Waals surface area contributed by atoms with Crippen LogP contribution in [-0.4, -0.2) is 4.98 Å². The molecule has 1 aromatic heterocycles. The van der Waals surface area contributed by atoms with Crippen LogP contribution in [0.1, 0.15) is 12.5 Å². The number of nitrogens with zero attached hydrogens (tertiary/aromatic N) is 1. The van der Waals surface area contributed by atoms with Crippen molar-refractivity contribution in [1.82, 2.24) is 4.98 Å². The summed E-state index contributed by atoms with van der Waals surface area (Å²) >= 11 is 5.87. The average Bonchev–Trinajstić information content (AvgIpc) is 2.44. The molecule has 0 amide bonds. The second-order valence-corrected chi connectivity index (χ2v) is 4.37. The predicted octanol–water partition coefficient (Wildman–Crippen LogP) is 3.15. The third-order valence-corrected chi connectivity index (χ3v) is 3.07. The molecule has 0 saturated carbocycles. The smallest absolute Gasteiger partial charge is 0.148 e. The maximum atomic E-state index is 4.37. The summed E-state index contributed by atoms with van der Waals surface area (Å²) in [5.74, 6) is 0. The second-order valence-electron chi connectivity index (χ2n) is 2.61. The summed E-state index contributed by atoms with van der Waals surface area (Å²) < 4.78 is 2.09. The van der Waals surface area contributed by atoms with E-state index in [1.165, 1.54) is 10.3 Å². The van der Waals surface area contributed by atoms with E-state index in [1.54, 1.807) is 11.3 Å². The Kier molecular flexibility index (Phi) is 2.07. The van der Waals surface area contributed by atoms with E-state index in [1.807, 2.05) is 0 Å². The van der Waals surface area contributed by atoms with Gasteiger partial charge in [0.05, 0.1) is 10.2 Å². The van der Waals surface area contributed by atoms with Gasteiger partial charge < -0.3 is 0 Å². The van der Waals surface area contributed by atoms with E-state index in [-0.39, 0.29) is 0 Å². The average molecular weight is 195 g/mol. The standard InChI is InChI=1S/C9H9NS2/c1-2-6-4-3-5-7-8(6)10-9(11)12-7/h3-5H,2H2,1H3,(H,10,11). The van der Waals surface area contributed by atoms with E-state index in [9.17, 15) is 0 Å². The Morgan fingerprint density at radius 3 is 3.08 bits per heavy atom. The van der Waals surface area contributed by atoms with Crippen LogP contribution in [0.25, 0.3) is 10.2 Å². The largest absolute Gasteiger partial charge is 0.230 e. The molecular weight excluding hydrogens is 186 g/mol. The number of aryl methyl sites for hydroxylation is 1. The summed E-state index contributed by atoms with van der Waals surface area (Å²) in [6.07, 6.45) is 1.04. The lowest BCUT2D eigenvalue weighted by atomic mass is 10.1. The van der Waals surface area contributed by atoms with Crippen LogP contribution in [0, 0.1) is 0 Å². The molecule has 0 atom stereocenters. The minimum Gasteiger partial charge on any atom is -0.230 e. The zero-order valence-corrected chi connectivity index (χ0v) is 8.45. The number of benzene rings is 1. The molecule has 1 aromatic carbocycles. The fourth-order valence-corrected chi connectivity index (χ4v) is 2.43. The van der Waals surface area contributed by atoms with Crippen LogP contribution in [0.15, 0.2) is 22.5 Å². The number of rotatable bonds is 1. The summed E-state index contributed by atoms with van der Waals surface area (Å²) in [6.45, 7) is 2.15. The highest BCUT2D eigenvalue weighted by Gasteiger charge is 2.03. The predicted molar refractivity (Wildman–Crippen MR) is 56.3 cm³/mol. The van der Waals surface area contributed by atoms with Crippen LogP contribution in [0.2, 0.25) is 0 Å². The second kappa shape index (κ2) is 3.07. The van der Waals surface area contributed by atoms with E-state index in [0.29, 0.717) is 0 Å². The normalized spacial score (nSPS) is 10.8. The molecule has 0 N–H and O–H groups in total. The highest BCUT2D eigenvalue weighted by atomic mass is 32.2. The van der Waals surface area contributed by atoms with Gasteiger partial charge in [-0.1, -0.05) is 19.1 Å². The number of para-hydroxylation sites is 1. The number of thiazole rings is 1. The Morgan fingerprint density at radius 1 is 1.50 bits per heavy atom. The van der Waals surface area contributed by atoms with Crippen LogP contribution in [-0.2, 0) is 6.42 Å². The van der Waals surface area contributed by atoms with Gasteiger partial charge in [0.15, 0.2) is 0 Å². The number of aromatic nitrogens is 1. The SMILES string of the molecule is CCc1cccc2sc(S)nc12. The van der Waals surface area contributed by atoms with Crippen molar-refractivity contribution < 1.29 is 0 Å². The molecule has 0 aliphatic heterocycles. The van der Waals surface area contributed by atoms with Crippen molar-refractivity contribution in [2.45, 2.75) is 17.7 Å². The van der Waals surface area contributed by atoms with Crippen molar-refractivity contribution in [3.05, 3.63) is 23.8 Å². The van der Waals surface area contributed by atoms with E-state index < -0.39 is 0 Å². The maximum absolute atomic E-state index is 4.37. The molecule has 2 aromatic rings. The molecule has 12 heavy (non-hydrogen) atoms. The first-order valence-electron chi connectivity index (χ1n) is 3.88. The molecule has 62 valence electrons. The fraction of sp³-hybridized carbons (Fsp3) is 0.222. The van der Waals surface area contributed by atoms with Gasteiger partial charge in [0.2, 0.25) is 0 Å². The van der Waals surface area contributed by atoms with E-state index >= 15 is 0 Å². The van der Waals surface area contributed by atoms with Crippen molar-refractivity contribution in [3.63, 3.8) is 0 Å². The van der Waals surface area contributed by atoms with Gasteiger partial charge in [-0.05, 0) is 18.1 Å². The van der Waals surface area contributed by atoms with Gasteiger partial charge >= 0.3 is 0 Å². The summed E-state index contributed by atoms with van der Waals surface area (Å²) in [5.41, 5.74) is 2.43. The topological polar surface area (TPSA) is 12.9 Å². The summed E-state index contributed by atoms with van der Waals surface area (Å²) in [6, 6.07) is 6.29. The van der Waals surface area contributed by atoms with Crippen molar-refractivity contribution in [3.8, 4) is 0 Å². The molecule has 0 aliphatic carbocycles. The van der Waals surface area contributed by atoms with E-state index in [4.69, 9.17) is 0 Å². The number of hydrogen-bond acceptors (Lipinski definition) is 3. The third kappa shape index (κ3) is 1.23. The van der Waals surface area contributed by atoms with Gasteiger partial charge in [-0.15, -0.1) is 24.0 Å². The van der Waals surface area contributed by atoms with Crippen molar-refractivity contribution in [2.75, 3.05) is 0 Å². The highest BCUT2D eigenvalue weighted by molar-refractivity contribution is 7.82. The van der Waals surface area contributed by atoms with E-state index in [0.717, 1.165) is 16.3 Å². The Bertz CT molecular complexity index is 406. The first kappa shape index (κ1) is 8.08. The lowest BCUT2D eigenvalue weighted by Gasteiger charge is -1.95. The number of thiol groups is 1. The molecule has 2 rings (SSSR count). The lowest BCUT2D eigenvalue weighted by molar-refractivity contribution is 1.14. The monoisotopic (exact) mass is 195 g/mol. The minimum atomic E-state index is 0.853. The number of hydrogen-bond donors (Lipinski definition) is 1. The van der Waals surface area contributed by atoms with Gasteiger partial charge in [-0.25, -0.2) is 4.98 Å². The molecule has 0 spiro atoms. The van der Waals surface area contributed by atoms with Crippen molar-refractivity contribution >= 4 is 34.2 Å². The van der Waals surface area contributed by atoms with Gasteiger partial charge in [0, 0.05) is 0 Å². The van der Waals surface area contributed by atoms with Crippen LogP contribution in [0.4, 0.5) is 0 Å². The Morgan fingerprint density at radius 2 is 2.33 bits per heavy atom. The zero-order chi connectivity index (χ0) is 8.55. The lowest BCUT2D eigenvalue weighted by Crippen LogP contribution is -1.80. The van der Waals surface area contributed by atoms with Crippen molar-refractivity contribution in [1.29, 1.82) is 0 Å². The molecule has 0 saturated heterocycles. The molecular formula is C9H9NS2. The Hall–Kier alpha value is -0.540. The molecule has 0 bridgehead atoms. The molecule has 1 nitrogen and oxygen atoms in total. The zero-order valence-electron chi connectivity index (χ0n) is 6.74. The molecule has 0 aliphatic rings. The molecule has 0 radical (unpaired) electrons. The van der Waals surface area contributed by atoms with Crippen LogP contribution < -0.4 is 0 Å². The number of fused-ring (bicyclic) bond motifs is 1. The molecule has 3 heteroatoms.